The van der Waals surface area contributed by atoms with Gasteiger partial charge in [0.2, 0.25) is 0 Å². The Morgan fingerprint density at radius 1 is 1.16 bits per heavy atom. The van der Waals surface area contributed by atoms with Gasteiger partial charge in [0.15, 0.2) is 11.6 Å². The molecule has 2 aromatic carbocycles. The Morgan fingerprint density at radius 3 is 2.58 bits per heavy atom. The zero-order chi connectivity index (χ0) is 14.0. The van der Waals surface area contributed by atoms with Crippen LogP contribution in [-0.2, 0) is 0 Å². The summed E-state index contributed by atoms with van der Waals surface area (Å²) in [5.41, 5.74) is 6.21. The van der Waals surface area contributed by atoms with Crippen molar-refractivity contribution in [2.24, 2.45) is 5.73 Å². The van der Waals surface area contributed by atoms with Crippen molar-refractivity contribution < 1.29 is 13.5 Å². The first-order chi connectivity index (χ1) is 9.04. The van der Waals surface area contributed by atoms with Gasteiger partial charge in [0, 0.05) is 16.1 Å². The average Bonchev–Trinajstić information content (AvgIpc) is 2.41. The molecular weight excluding hydrogens is 272 g/mol. The lowest BCUT2D eigenvalue weighted by Crippen LogP contribution is -2.15. The molecule has 0 bridgehead atoms. The van der Waals surface area contributed by atoms with E-state index in [2.05, 4.69) is 0 Å². The molecule has 1 unspecified atom stereocenters. The number of ether oxygens (including phenoxy) is 1. The van der Waals surface area contributed by atoms with Crippen LogP contribution in [0.1, 0.15) is 17.2 Å². The van der Waals surface area contributed by atoms with Crippen LogP contribution in [0.25, 0.3) is 0 Å². The molecule has 0 fully saturated rings. The van der Waals surface area contributed by atoms with Gasteiger partial charge in [-0.2, -0.15) is 0 Å². The minimum atomic E-state index is -0.950. The molecule has 0 saturated heterocycles. The first kappa shape index (κ1) is 13.8. The van der Waals surface area contributed by atoms with Crippen molar-refractivity contribution in [1.29, 1.82) is 0 Å². The maximum Gasteiger partial charge on any atom is 0.170 e. The van der Waals surface area contributed by atoms with E-state index in [9.17, 15) is 8.78 Å². The van der Waals surface area contributed by atoms with Crippen LogP contribution in [0.15, 0.2) is 36.4 Å². The average molecular weight is 284 g/mol. The lowest BCUT2D eigenvalue weighted by Gasteiger charge is -2.16. The second-order valence-corrected chi connectivity index (χ2v) is 4.44. The molecule has 2 aromatic rings. The SMILES string of the molecule is COc1cccc(C(N)c2cc(Cl)ccc2F)c1F. The third kappa shape index (κ3) is 2.69. The van der Waals surface area contributed by atoms with E-state index in [4.69, 9.17) is 22.1 Å². The van der Waals surface area contributed by atoms with E-state index < -0.39 is 17.7 Å². The minimum Gasteiger partial charge on any atom is -0.494 e. The molecule has 5 heteroatoms. The molecular formula is C14H12ClF2NO. The van der Waals surface area contributed by atoms with E-state index in [1.807, 2.05) is 0 Å². The first-order valence-corrected chi connectivity index (χ1v) is 5.95. The van der Waals surface area contributed by atoms with Crippen LogP contribution in [0.4, 0.5) is 8.78 Å². The molecule has 0 aromatic heterocycles. The molecule has 0 aliphatic rings. The maximum atomic E-state index is 14.1. The maximum absolute atomic E-state index is 14.1. The van der Waals surface area contributed by atoms with Crippen molar-refractivity contribution in [3.63, 3.8) is 0 Å². The monoisotopic (exact) mass is 283 g/mol. The number of halogens is 3. The smallest absolute Gasteiger partial charge is 0.170 e. The van der Waals surface area contributed by atoms with Crippen LogP contribution < -0.4 is 10.5 Å². The van der Waals surface area contributed by atoms with E-state index >= 15 is 0 Å². The Hall–Kier alpha value is -1.65. The van der Waals surface area contributed by atoms with Gasteiger partial charge in [0.05, 0.1) is 13.2 Å². The molecule has 0 aliphatic heterocycles. The third-order valence-electron chi connectivity index (χ3n) is 2.84. The number of hydrogen-bond acceptors (Lipinski definition) is 2. The number of benzene rings is 2. The predicted molar refractivity (Wildman–Crippen MR) is 70.4 cm³/mol. The topological polar surface area (TPSA) is 35.2 Å². The lowest BCUT2D eigenvalue weighted by atomic mass is 9.98. The molecule has 100 valence electrons. The fourth-order valence-electron chi connectivity index (χ4n) is 1.85. The Labute approximate surface area is 114 Å². The molecule has 0 amide bonds. The van der Waals surface area contributed by atoms with Gasteiger partial charge in [-0.3, -0.25) is 0 Å². The van der Waals surface area contributed by atoms with Crippen molar-refractivity contribution in [1.82, 2.24) is 0 Å². The highest BCUT2D eigenvalue weighted by Gasteiger charge is 2.19. The fraction of sp³-hybridized carbons (Fsp3) is 0.143. The van der Waals surface area contributed by atoms with Crippen LogP contribution in [0.2, 0.25) is 5.02 Å². The molecule has 1 atom stereocenters. The Bertz CT molecular complexity index is 604. The number of rotatable bonds is 3. The molecule has 2 N–H and O–H groups in total. The summed E-state index contributed by atoms with van der Waals surface area (Å²) in [6.07, 6.45) is 0. The van der Waals surface area contributed by atoms with Gasteiger partial charge < -0.3 is 10.5 Å². The Morgan fingerprint density at radius 2 is 1.89 bits per heavy atom. The normalized spacial score (nSPS) is 12.3. The second-order valence-electron chi connectivity index (χ2n) is 4.01. The van der Waals surface area contributed by atoms with Crippen LogP contribution >= 0.6 is 11.6 Å². The standard InChI is InChI=1S/C14H12ClF2NO/c1-19-12-4-2-3-9(13(12)17)14(18)10-7-8(15)5-6-11(10)16/h2-7,14H,18H2,1H3. The van der Waals surface area contributed by atoms with Gasteiger partial charge in [-0.15, -0.1) is 0 Å². The highest BCUT2D eigenvalue weighted by atomic mass is 35.5. The molecule has 0 spiro atoms. The zero-order valence-electron chi connectivity index (χ0n) is 10.2. The second kappa shape index (κ2) is 5.55. The molecule has 2 rings (SSSR count). The summed E-state index contributed by atoms with van der Waals surface area (Å²) in [6.45, 7) is 0. The van der Waals surface area contributed by atoms with E-state index in [0.29, 0.717) is 5.02 Å². The molecule has 19 heavy (non-hydrogen) atoms. The summed E-state index contributed by atoms with van der Waals surface area (Å²) in [5.74, 6) is -1.06. The summed E-state index contributed by atoms with van der Waals surface area (Å²) in [5, 5.41) is 0.343. The fourth-order valence-corrected chi connectivity index (χ4v) is 2.03. The predicted octanol–water partition coefficient (Wildman–Crippen LogP) is 3.67. The van der Waals surface area contributed by atoms with Crippen molar-refractivity contribution in [2.75, 3.05) is 7.11 Å². The first-order valence-electron chi connectivity index (χ1n) is 5.57. The van der Waals surface area contributed by atoms with E-state index in [1.165, 1.54) is 37.4 Å². The summed E-state index contributed by atoms with van der Waals surface area (Å²) in [4.78, 5) is 0. The summed E-state index contributed by atoms with van der Waals surface area (Å²) >= 11 is 5.81. The van der Waals surface area contributed by atoms with Gasteiger partial charge in [-0.1, -0.05) is 23.7 Å². The molecule has 2 nitrogen and oxygen atoms in total. The van der Waals surface area contributed by atoms with Crippen LogP contribution in [0.5, 0.6) is 5.75 Å². The van der Waals surface area contributed by atoms with Gasteiger partial charge >= 0.3 is 0 Å². The Balaban J connectivity index is 2.50. The van der Waals surface area contributed by atoms with Crippen molar-refractivity contribution in [3.8, 4) is 5.75 Å². The number of nitrogens with two attached hydrogens (primary N) is 1. The summed E-state index contributed by atoms with van der Waals surface area (Å²) in [6, 6.07) is 7.61. The van der Waals surface area contributed by atoms with Gasteiger partial charge in [0.25, 0.3) is 0 Å². The third-order valence-corrected chi connectivity index (χ3v) is 3.08. The molecule has 0 radical (unpaired) electrons. The largest absolute Gasteiger partial charge is 0.494 e. The highest BCUT2D eigenvalue weighted by Crippen LogP contribution is 2.30. The number of hydrogen-bond donors (Lipinski definition) is 1. The van der Waals surface area contributed by atoms with E-state index in [-0.39, 0.29) is 16.9 Å². The summed E-state index contributed by atoms with van der Waals surface area (Å²) in [7, 11) is 1.35. The van der Waals surface area contributed by atoms with Crippen molar-refractivity contribution in [2.45, 2.75) is 6.04 Å². The van der Waals surface area contributed by atoms with Crippen molar-refractivity contribution >= 4 is 11.6 Å². The van der Waals surface area contributed by atoms with Gasteiger partial charge in [0.1, 0.15) is 5.82 Å². The van der Waals surface area contributed by atoms with Crippen molar-refractivity contribution in [3.05, 3.63) is 64.2 Å². The van der Waals surface area contributed by atoms with Gasteiger partial charge in [-0.25, -0.2) is 8.78 Å². The van der Waals surface area contributed by atoms with Gasteiger partial charge in [-0.05, 0) is 24.3 Å². The minimum absolute atomic E-state index is 0.0652. The lowest BCUT2D eigenvalue weighted by molar-refractivity contribution is 0.383. The Kier molecular flexibility index (Phi) is 4.02. The van der Waals surface area contributed by atoms with Crippen LogP contribution in [0.3, 0.4) is 0 Å². The van der Waals surface area contributed by atoms with Crippen LogP contribution in [0, 0.1) is 11.6 Å². The molecule has 0 aliphatic carbocycles. The quantitative estimate of drug-likeness (QED) is 0.933. The molecule has 0 saturated carbocycles. The van der Waals surface area contributed by atoms with E-state index in [0.717, 1.165) is 0 Å². The zero-order valence-corrected chi connectivity index (χ0v) is 10.9. The van der Waals surface area contributed by atoms with Crippen LogP contribution in [-0.4, -0.2) is 7.11 Å². The van der Waals surface area contributed by atoms with E-state index in [1.54, 1.807) is 6.07 Å². The number of methoxy groups -OCH3 is 1. The molecule has 0 heterocycles. The summed E-state index contributed by atoms with van der Waals surface area (Å²) < 4.78 is 32.7. The highest BCUT2D eigenvalue weighted by molar-refractivity contribution is 6.30.